The molecule has 33 heavy (non-hydrogen) atoms. The van der Waals surface area contributed by atoms with Gasteiger partial charge in [-0.2, -0.15) is 17.5 Å². The Hall–Kier alpha value is -2.69. The Morgan fingerprint density at radius 1 is 1.15 bits per heavy atom. The van der Waals surface area contributed by atoms with Gasteiger partial charge in [-0.05, 0) is 55.0 Å². The van der Waals surface area contributed by atoms with Gasteiger partial charge in [0.2, 0.25) is 10.0 Å². The summed E-state index contributed by atoms with van der Waals surface area (Å²) in [5, 5.41) is 0.695. The van der Waals surface area contributed by atoms with Crippen LogP contribution in [-0.2, 0) is 27.5 Å². The van der Waals surface area contributed by atoms with E-state index in [-0.39, 0.29) is 18.7 Å². The van der Waals surface area contributed by atoms with Gasteiger partial charge in [0.25, 0.3) is 5.56 Å². The van der Waals surface area contributed by atoms with Crippen LogP contribution in [0.5, 0.6) is 0 Å². The molecule has 0 amide bonds. The van der Waals surface area contributed by atoms with E-state index in [4.69, 9.17) is 4.74 Å². The molecule has 0 radical (unpaired) electrons. The number of halogens is 3. The molecule has 0 spiro atoms. The summed E-state index contributed by atoms with van der Waals surface area (Å²) in [5.41, 5.74) is -0.0654. The van der Waals surface area contributed by atoms with Gasteiger partial charge in [0.1, 0.15) is 0 Å². The second-order valence-electron chi connectivity index (χ2n) is 8.14. The van der Waals surface area contributed by atoms with Crippen LogP contribution in [0, 0.1) is 6.92 Å². The SMILES string of the molecule is Cc1ccc2cc(CN(C[C@H]3CCCO3)S(=O)(=O)c3ccccc3C(F)(F)F)c(=O)[nH]c2c1. The summed E-state index contributed by atoms with van der Waals surface area (Å²) in [5.74, 6) is 0. The number of aromatic amines is 1. The fraction of sp³-hybridized carbons (Fsp3) is 0.348. The summed E-state index contributed by atoms with van der Waals surface area (Å²) < 4.78 is 74.2. The van der Waals surface area contributed by atoms with E-state index >= 15 is 0 Å². The molecule has 0 aliphatic carbocycles. The molecule has 1 saturated heterocycles. The van der Waals surface area contributed by atoms with E-state index in [2.05, 4.69) is 4.98 Å². The fourth-order valence-electron chi connectivity index (χ4n) is 4.00. The molecule has 1 aliphatic heterocycles. The summed E-state index contributed by atoms with van der Waals surface area (Å²) >= 11 is 0. The number of aromatic nitrogens is 1. The van der Waals surface area contributed by atoms with Crippen LogP contribution in [0.2, 0.25) is 0 Å². The number of H-pyrrole nitrogens is 1. The zero-order valence-corrected chi connectivity index (χ0v) is 18.7. The Morgan fingerprint density at radius 2 is 1.91 bits per heavy atom. The van der Waals surface area contributed by atoms with Crippen LogP contribution in [0.1, 0.15) is 29.5 Å². The number of hydrogen-bond donors (Lipinski definition) is 1. The Bertz CT molecular complexity index is 1330. The van der Waals surface area contributed by atoms with Crippen LogP contribution < -0.4 is 5.56 Å². The van der Waals surface area contributed by atoms with E-state index in [1.165, 1.54) is 6.07 Å². The molecule has 3 aromatic rings. The Balaban J connectivity index is 1.78. The maximum atomic E-state index is 13.6. The van der Waals surface area contributed by atoms with E-state index in [0.29, 0.717) is 23.9 Å². The van der Waals surface area contributed by atoms with E-state index in [1.807, 2.05) is 13.0 Å². The minimum atomic E-state index is -4.85. The zero-order valence-electron chi connectivity index (χ0n) is 17.9. The predicted octanol–water partition coefficient (Wildman–Crippen LogP) is 4.23. The van der Waals surface area contributed by atoms with E-state index in [0.717, 1.165) is 34.5 Å². The second kappa shape index (κ2) is 8.92. The molecule has 176 valence electrons. The lowest BCUT2D eigenvalue weighted by molar-refractivity contribution is -0.139. The number of hydrogen-bond acceptors (Lipinski definition) is 4. The van der Waals surface area contributed by atoms with Gasteiger partial charge in [0.05, 0.1) is 16.6 Å². The third-order valence-corrected chi connectivity index (χ3v) is 7.54. The largest absolute Gasteiger partial charge is 0.417 e. The minimum absolute atomic E-state index is 0.136. The van der Waals surface area contributed by atoms with Gasteiger partial charge < -0.3 is 9.72 Å². The number of alkyl halides is 3. The highest BCUT2D eigenvalue weighted by molar-refractivity contribution is 7.89. The van der Waals surface area contributed by atoms with Crippen molar-refractivity contribution in [2.45, 2.75) is 43.5 Å². The van der Waals surface area contributed by atoms with Gasteiger partial charge in [0, 0.05) is 30.8 Å². The van der Waals surface area contributed by atoms with Crippen LogP contribution in [0.4, 0.5) is 13.2 Å². The van der Waals surface area contributed by atoms with Crippen LogP contribution in [-0.4, -0.2) is 37.0 Å². The lowest BCUT2D eigenvalue weighted by atomic mass is 10.1. The highest BCUT2D eigenvalue weighted by Crippen LogP contribution is 2.35. The first-order valence-corrected chi connectivity index (χ1v) is 11.9. The van der Waals surface area contributed by atoms with Crippen LogP contribution >= 0.6 is 0 Å². The van der Waals surface area contributed by atoms with Crippen molar-refractivity contribution in [3.8, 4) is 0 Å². The Labute approximate surface area is 189 Å². The molecule has 1 aromatic heterocycles. The molecule has 1 N–H and O–H groups in total. The maximum absolute atomic E-state index is 13.6. The lowest BCUT2D eigenvalue weighted by Gasteiger charge is -2.26. The molecule has 2 heterocycles. The van der Waals surface area contributed by atoms with Crippen molar-refractivity contribution in [2.75, 3.05) is 13.2 Å². The Kier molecular flexibility index (Phi) is 6.35. The average molecular weight is 481 g/mol. The van der Waals surface area contributed by atoms with Gasteiger partial charge in [-0.25, -0.2) is 8.42 Å². The molecule has 6 nitrogen and oxygen atoms in total. The van der Waals surface area contributed by atoms with Gasteiger partial charge in [0.15, 0.2) is 0 Å². The van der Waals surface area contributed by atoms with Crippen molar-refractivity contribution in [1.82, 2.24) is 9.29 Å². The minimum Gasteiger partial charge on any atom is -0.377 e. The monoisotopic (exact) mass is 480 g/mol. The molecule has 0 unspecified atom stereocenters. The topological polar surface area (TPSA) is 79.5 Å². The van der Waals surface area contributed by atoms with Crippen molar-refractivity contribution in [2.24, 2.45) is 0 Å². The molecule has 10 heteroatoms. The third-order valence-electron chi connectivity index (χ3n) is 5.67. The molecular weight excluding hydrogens is 457 g/mol. The molecule has 4 rings (SSSR count). The molecule has 1 atom stereocenters. The lowest BCUT2D eigenvalue weighted by Crippen LogP contribution is -2.39. The van der Waals surface area contributed by atoms with Crippen molar-refractivity contribution < 1.29 is 26.3 Å². The number of nitrogens with one attached hydrogen (secondary N) is 1. The second-order valence-corrected chi connectivity index (χ2v) is 10.0. The van der Waals surface area contributed by atoms with Crippen LogP contribution in [0.15, 0.2) is 58.2 Å². The molecule has 0 saturated carbocycles. The van der Waals surface area contributed by atoms with Crippen molar-refractivity contribution in [3.05, 3.63) is 75.6 Å². The van der Waals surface area contributed by atoms with Crippen LogP contribution in [0.3, 0.4) is 0 Å². The van der Waals surface area contributed by atoms with Crippen molar-refractivity contribution >= 4 is 20.9 Å². The van der Waals surface area contributed by atoms with E-state index in [9.17, 15) is 26.4 Å². The number of benzene rings is 2. The maximum Gasteiger partial charge on any atom is 0.417 e. The number of nitrogens with zero attached hydrogens (tertiary/aromatic N) is 1. The third kappa shape index (κ3) is 4.97. The molecule has 0 bridgehead atoms. The number of fused-ring (bicyclic) bond motifs is 1. The first kappa shape index (κ1) is 23.5. The van der Waals surface area contributed by atoms with E-state index < -0.39 is 38.3 Å². The molecule has 1 aliphatic rings. The zero-order chi connectivity index (χ0) is 23.8. The summed E-state index contributed by atoms with van der Waals surface area (Å²) in [4.78, 5) is 14.6. The number of sulfonamides is 1. The number of pyridine rings is 1. The van der Waals surface area contributed by atoms with Crippen LogP contribution in [0.25, 0.3) is 10.9 Å². The van der Waals surface area contributed by atoms with Gasteiger partial charge in [-0.1, -0.05) is 24.3 Å². The highest BCUT2D eigenvalue weighted by Gasteiger charge is 2.39. The molecule has 2 aromatic carbocycles. The smallest absolute Gasteiger partial charge is 0.377 e. The summed E-state index contributed by atoms with van der Waals surface area (Å²) in [7, 11) is -4.60. The Morgan fingerprint density at radius 3 is 2.61 bits per heavy atom. The molecular formula is C23H23F3N2O4S. The van der Waals surface area contributed by atoms with Gasteiger partial charge in [-0.3, -0.25) is 4.79 Å². The van der Waals surface area contributed by atoms with Crippen molar-refractivity contribution in [3.63, 3.8) is 0 Å². The quantitative estimate of drug-likeness (QED) is 0.573. The summed E-state index contributed by atoms with van der Waals surface area (Å²) in [6, 6.07) is 11.1. The normalized spacial score (nSPS) is 17.2. The highest BCUT2D eigenvalue weighted by atomic mass is 32.2. The molecule has 1 fully saturated rings. The summed E-state index contributed by atoms with van der Waals surface area (Å²) in [6.07, 6.45) is -3.99. The number of ether oxygens (including phenoxy) is 1. The fourth-order valence-corrected chi connectivity index (χ4v) is 5.66. The van der Waals surface area contributed by atoms with Gasteiger partial charge in [-0.15, -0.1) is 0 Å². The average Bonchev–Trinajstić information content (AvgIpc) is 3.26. The standard InChI is InChI=1S/C23H23F3N2O4S/c1-15-8-9-16-12-17(22(29)27-20(16)11-15)13-28(14-18-5-4-10-32-18)33(30,31)21-7-3-2-6-19(21)23(24,25)26/h2-3,6-9,11-12,18H,4-5,10,13-14H2,1H3,(H,27,29)/t18-/m1/s1. The first-order chi connectivity index (χ1) is 15.6. The first-order valence-electron chi connectivity index (χ1n) is 10.5. The number of rotatable bonds is 6. The predicted molar refractivity (Wildman–Crippen MR) is 117 cm³/mol. The van der Waals surface area contributed by atoms with Gasteiger partial charge >= 0.3 is 6.18 Å². The number of aryl methyl sites for hydroxylation is 1. The van der Waals surface area contributed by atoms with Crippen molar-refractivity contribution in [1.29, 1.82) is 0 Å². The summed E-state index contributed by atoms with van der Waals surface area (Å²) in [6.45, 7) is 1.79. The van der Waals surface area contributed by atoms with E-state index in [1.54, 1.807) is 18.2 Å².